The van der Waals surface area contributed by atoms with Crippen molar-refractivity contribution in [3.05, 3.63) is 59.7 Å². The van der Waals surface area contributed by atoms with Crippen molar-refractivity contribution in [2.24, 2.45) is 0 Å². The fraction of sp³-hybridized carbons (Fsp3) is 0.263. The van der Waals surface area contributed by atoms with E-state index in [1.54, 1.807) is 20.8 Å². The van der Waals surface area contributed by atoms with Gasteiger partial charge in [0.2, 0.25) is 0 Å². The van der Waals surface area contributed by atoms with Crippen molar-refractivity contribution < 1.29 is 27.9 Å². The highest BCUT2D eigenvalue weighted by atomic mass is 35.5. The molecular formula is C19H18ClF3N2O3. The Balaban J connectivity index is 2.29. The Morgan fingerprint density at radius 2 is 1.50 bits per heavy atom. The molecule has 0 aliphatic heterocycles. The highest BCUT2D eigenvalue weighted by molar-refractivity contribution is 6.39. The maximum Gasteiger partial charge on any atom is 0.416 e. The monoisotopic (exact) mass is 414 g/mol. The third-order valence-corrected chi connectivity index (χ3v) is 4.16. The molecule has 0 spiro atoms. The topological polar surface area (TPSA) is 60.9 Å². The van der Waals surface area contributed by atoms with E-state index in [0.717, 1.165) is 23.1 Å². The van der Waals surface area contributed by atoms with Crippen molar-refractivity contribution >= 4 is 35.2 Å². The van der Waals surface area contributed by atoms with Gasteiger partial charge in [-0.15, -0.1) is 0 Å². The lowest BCUT2D eigenvalue weighted by molar-refractivity contribution is -0.137. The molecule has 2 aromatic rings. The van der Waals surface area contributed by atoms with Gasteiger partial charge in [0.1, 0.15) is 0 Å². The van der Waals surface area contributed by atoms with Crippen LogP contribution in [0, 0.1) is 0 Å². The van der Waals surface area contributed by atoms with Gasteiger partial charge in [-0.05, 0) is 63.2 Å². The second-order valence-corrected chi connectivity index (χ2v) is 7.31. The van der Waals surface area contributed by atoms with Gasteiger partial charge in [-0.2, -0.15) is 13.2 Å². The first kappa shape index (κ1) is 21.6. The first-order valence-electron chi connectivity index (χ1n) is 8.13. The molecule has 0 unspecified atom stereocenters. The van der Waals surface area contributed by atoms with Crippen LogP contribution in [0.4, 0.5) is 29.3 Å². The zero-order valence-corrected chi connectivity index (χ0v) is 16.0. The minimum Gasteiger partial charge on any atom is -0.465 e. The summed E-state index contributed by atoms with van der Waals surface area (Å²) in [5, 5.41) is 9.41. The summed E-state index contributed by atoms with van der Waals surface area (Å²) in [6, 6.07) is 9.68. The molecule has 150 valence electrons. The minimum atomic E-state index is -4.58. The van der Waals surface area contributed by atoms with Gasteiger partial charge in [-0.1, -0.05) is 6.07 Å². The number of amides is 2. The second kappa shape index (κ2) is 7.71. The van der Waals surface area contributed by atoms with Crippen LogP contribution in [-0.2, 0) is 6.18 Å². The van der Waals surface area contributed by atoms with Crippen LogP contribution in [0.25, 0.3) is 0 Å². The van der Waals surface area contributed by atoms with Crippen LogP contribution in [-0.4, -0.2) is 22.6 Å². The summed E-state index contributed by atoms with van der Waals surface area (Å²) < 4.78 is 39.2. The molecule has 1 N–H and O–H groups in total. The second-order valence-electron chi connectivity index (χ2n) is 6.97. The van der Waals surface area contributed by atoms with Gasteiger partial charge in [0.05, 0.1) is 11.3 Å². The van der Waals surface area contributed by atoms with Crippen molar-refractivity contribution in [3.8, 4) is 0 Å². The summed E-state index contributed by atoms with van der Waals surface area (Å²) in [6.45, 7) is 5.17. The lowest BCUT2D eigenvalue weighted by atomic mass is 10.1. The molecule has 0 bridgehead atoms. The van der Waals surface area contributed by atoms with Crippen LogP contribution in [0.2, 0.25) is 0 Å². The smallest absolute Gasteiger partial charge is 0.416 e. The maximum absolute atomic E-state index is 12.8. The van der Waals surface area contributed by atoms with Gasteiger partial charge in [0, 0.05) is 28.6 Å². The zero-order valence-electron chi connectivity index (χ0n) is 15.3. The average Bonchev–Trinajstić information content (AvgIpc) is 2.59. The molecule has 0 aromatic heterocycles. The number of carbonyl (C=O) groups is 2. The lowest BCUT2D eigenvalue weighted by Crippen LogP contribution is -2.45. The SMILES string of the molecule is CC(C)(C)N(C(=O)O)c1ccc(N(Cl)C(=O)c2cccc(C(F)(F)F)c2)cc1. The van der Waals surface area contributed by atoms with E-state index < -0.39 is 29.3 Å². The quantitative estimate of drug-likeness (QED) is 0.647. The Morgan fingerprint density at radius 1 is 0.964 bits per heavy atom. The predicted octanol–water partition coefficient (Wildman–Crippen LogP) is 5.79. The van der Waals surface area contributed by atoms with Gasteiger partial charge >= 0.3 is 12.3 Å². The van der Waals surface area contributed by atoms with Crippen molar-refractivity contribution in [3.63, 3.8) is 0 Å². The Bertz CT molecular complexity index is 877. The Morgan fingerprint density at radius 3 is 1.96 bits per heavy atom. The van der Waals surface area contributed by atoms with Crippen molar-refractivity contribution in [1.82, 2.24) is 0 Å². The fourth-order valence-corrected chi connectivity index (χ4v) is 2.79. The number of carboxylic acid groups (broad SMARTS) is 1. The van der Waals surface area contributed by atoms with E-state index in [1.165, 1.54) is 30.3 Å². The van der Waals surface area contributed by atoms with Crippen molar-refractivity contribution in [1.29, 1.82) is 0 Å². The van der Waals surface area contributed by atoms with Crippen LogP contribution >= 0.6 is 11.8 Å². The summed E-state index contributed by atoms with van der Waals surface area (Å²) in [4.78, 5) is 25.1. The van der Waals surface area contributed by atoms with Crippen LogP contribution in [0.3, 0.4) is 0 Å². The molecule has 5 nitrogen and oxygen atoms in total. The molecule has 2 rings (SSSR count). The number of hydrogen-bond acceptors (Lipinski definition) is 2. The number of benzene rings is 2. The standard InChI is InChI=1S/C19H18ClF3N2O3/c1-18(2,3)24(17(27)28)14-7-9-15(10-8-14)25(20)16(26)12-5-4-6-13(11-12)19(21,22)23/h4-11H,1-3H3,(H,27,28). The number of anilines is 2. The minimum absolute atomic E-state index is 0.187. The zero-order chi connectivity index (χ0) is 21.3. The van der Waals surface area contributed by atoms with Crippen LogP contribution in [0.1, 0.15) is 36.7 Å². The fourth-order valence-electron chi connectivity index (χ4n) is 2.58. The Hall–Kier alpha value is -2.74. The lowest BCUT2D eigenvalue weighted by Gasteiger charge is -2.33. The van der Waals surface area contributed by atoms with E-state index in [1.807, 2.05) is 0 Å². The maximum atomic E-state index is 12.8. The average molecular weight is 415 g/mol. The third-order valence-electron chi connectivity index (χ3n) is 3.81. The molecule has 0 aliphatic carbocycles. The van der Waals surface area contributed by atoms with Gasteiger partial charge in [-0.25, -0.2) is 9.21 Å². The predicted molar refractivity (Wildman–Crippen MR) is 101 cm³/mol. The number of alkyl halides is 3. The molecule has 0 saturated carbocycles. The Kier molecular flexibility index (Phi) is 5.94. The van der Waals surface area contributed by atoms with Gasteiger partial charge in [0.25, 0.3) is 5.91 Å². The van der Waals surface area contributed by atoms with Crippen LogP contribution in [0.5, 0.6) is 0 Å². The molecule has 2 aromatic carbocycles. The van der Waals surface area contributed by atoms with Crippen LogP contribution in [0.15, 0.2) is 48.5 Å². The summed E-state index contributed by atoms with van der Waals surface area (Å²) in [5.74, 6) is -0.841. The Labute approximate surface area is 165 Å². The largest absolute Gasteiger partial charge is 0.465 e. The molecule has 0 atom stereocenters. The number of rotatable bonds is 3. The molecule has 0 heterocycles. The van der Waals surface area contributed by atoms with Crippen molar-refractivity contribution in [2.45, 2.75) is 32.5 Å². The van der Waals surface area contributed by atoms with Gasteiger partial charge in [-0.3, -0.25) is 9.69 Å². The first-order chi connectivity index (χ1) is 12.8. The molecule has 28 heavy (non-hydrogen) atoms. The third kappa shape index (κ3) is 4.75. The van der Waals surface area contributed by atoms with E-state index in [4.69, 9.17) is 11.8 Å². The number of carbonyl (C=O) groups excluding carboxylic acids is 1. The van der Waals surface area contributed by atoms with E-state index in [2.05, 4.69) is 0 Å². The number of nitrogens with zero attached hydrogens (tertiary/aromatic N) is 2. The number of halogens is 4. The van der Waals surface area contributed by atoms with E-state index in [0.29, 0.717) is 10.1 Å². The summed E-state index contributed by atoms with van der Waals surface area (Å²) in [7, 11) is 0. The van der Waals surface area contributed by atoms with E-state index in [-0.39, 0.29) is 11.3 Å². The van der Waals surface area contributed by atoms with E-state index in [9.17, 15) is 27.9 Å². The molecule has 0 radical (unpaired) electrons. The molecule has 2 amide bonds. The molecule has 0 saturated heterocycles. The van der Waals surface area contributed by atoms with E-state index >= 15 is 0 Å². The van der Waals surface area contributed by atoms with Crippen LogP contribution < -0.4 is 9.32 Å². The number of hydrogen-bond donors (Lipinski definition) is 1. The summed E-state index contributed by atoms with van der Waals surface area (Å²) in [5.41, 5.74) is -1.34. The van der Waals surface area contributed by atoms with Gasteiger partial charge < -0.3 is 5.11 Å². The molecule has 0 aliphatic rings. The normalized spacial score (nSPS) is 11.8. The van der Waals surface area contributed by atoms with Gasteiger partial charge in [0.15, 0.2) is 0 Å². The highest BCUT2D eigenvalue weighted by Crippen LogP contribution is 2.31. The summed E-state index contributed by atoms with van der Waals surface area (Å²) >= 11 is 6.01. The van der Waals surface area contributed by atoms with Crippen molar-refractivity contribution in [2.75, 3.05) is 9.32 Å². The first-order valence-corrected chi connectivity index (χ1v) is 8.47. The summed E-state index contributed by atoms with van der Waals surface area (Å²) in [6.07, 6.45) is -5.73. The molecule has 9 heteroatoms. The highest BCUT2D eigenvalue weighted by Gasteiger charge is 2.31. The molecular weight excluding hydrogens is 397 g/mol. The molecule has 0 fully saturated rings.